The number of sulfone groups is 1. The second-order valence-electron chi connectivity index (χ2n) is 8.62. The maximum Gasteiger partial charge on any atom is 0.220 e. The molecule has 2 N–H and O–H groups in total. The SMILES string of the molecule is CC(C)CC(=O)NC1CCS(=O)(=O)C2(CC(CNCc3cccnc3)C2)C1. The number of hydrogen-bond acceptors (Lipinski definition) is 5. The normalized spacial score (nSPS) is 29.4. The number of hydrogen-bond donors (Lipinski definition) is 2. The summed E-state index contributed by atoms with van der Waals surface area (Å²) >= 11 is 0. The van der Waals surface area contributed by atoms with E-state index in [1.165, 1.54) is 0 Å². The second kappa shape index (κ2) is 8.27. The molecule has 2 aliphatic rings. The monoisotopic (exact) mass is 393 g/mol. The van der Waals surface area contributed by atoms with Crippen LogP contribution in [-0.2, 0) is 21.2 Å². The highest BCUT2D eigenvalue weighted by Gasteiger charge is 2.56. The first-order valence-electron chi connectivity index (χ1n) is 9.91. The fraction of sp³-hybridized carbons (Fsp3) is 0.700. The van der Waals surface area contributed by atoms with Gasteiger partial charge in [-0.3, -0.25) is 9.78 Å². The molecule has 1 aliphatic carbocycles. The summed E-state index contributed by atoms with van der Waals surface area (Å²) in [5.74, 6) is 0.917. The molecule has 1 amide bonds. The van der Waals surface area contributed by atoms with Crippen LogP contribution in [0.15, 0.2) is 24.5 Å². The number of carbonyl (C=O) groups is 1. The van der Waals surface area contributed by atoms with Crippen molar-refractivity contribution in [3.05, 3.63) is 30.1 Å². The van der Waals surface area contributed by atoms with E-state index in [0.717, 1.165) is 18.7 Å². The second-order valence-corrected chi connectivity index (χ2v) is 11.1. The molecule has 1 aliphatic heterocycles. The standard InChI is InChI=1S/C20H31N3O3S/c1-15(2)8-19(24)23-18-5-7-27(25,26)20(11-18)9-17(10-20)14-22-13-16-4-3-6-21-12-16/h3-4,6,12,15,17-18,22H,5,7-11,13-14H2,1-2H3,(H,23,24). The van der Waals surface area contributed by atoms with Crippen molar-refractivity contribution in [2.75, 3.05) is 12.3 Å². The fourth-order valence-corrected chi connectivity index (χ4v) is 6.92. The Labute approximate surface area is 162 Å². The lowest BCUT2D eigenvalue weighted by molar-refractivity contribution is -0.122. The molecule has 0 bridgehead atoms. The van der Waals surface area contributed by atoms with E-state index in [0.29, 0.717) is 43.9 Å². The molecular formula is C20H31N3O3S. The zero-order chi connectivity index (χ0) is 19.5. The van der Waals surface area contributed by atoms with Crippen LogP contribution in [0.3, 0.4) is 0 Å². The molecule has 1 aromatic heterocycles. The summed E-state index contributed by atoms with van der Waals surface area (Å²) in [4.78, 5) is 16.2. The minimum Gasteiger partial charge on any atom is -0.353 e. The minimum atomic E-state index is -3.08. The Morgan fingerprint density at radius 3 is 2.78 bits per heavy atom. The third-order valence-corrected chi connectivity index (χ3v) is 8.37. The average molecular weight is 394 g/mol. The smallest absolute Gasteiger partial charge is 0.220 e. The van der Waals surface area contributed by atoms with E-state index >= 15 is 0 Å². The van der Waals surface area contributed by atoms with Crippen LogP contribution in [0, 0.1) is 11.8 Å². The molecule has 27 heavy (non-hydrogen) atoms. The van der Waals surface area contributed by atoms with Crippen molar-refractivity contribution in [1.82, 2.24) is 15.6 Å². The third kappa shape index (κ3) is 4.88. The quantitative estimate of drug-likeness (QED) is 0.740. The molecule has 1 atom stereocenters. The van der Waals surface area contributed by atoms with Crippen LogP contribution in [0.25, 0.3) is 0 Å². The number of pyridine rings is 1. The van der Waals surface area contributed by atoms with Crippen molar-refractivity contribution in [2.45, 2.75) is 63.3 Å². The van der Waals surface area contributed by atoms with E-state index in [2.05, 4.69) is 15.6 Å². The molecule has 1 spiro atoms. The first-order valence-corrected chi connectivity index (χ1v) is 11.6. The van der Waals surface area contributed by atoms with Gasteiger partial charge >= 0.3 is 0 Å². The first kappa shape index (κ1) is 20.3. The van der Waals surface area contributed by atoms with Gasteiger partial charge in [0.1, 0.15) is 0 Å². The first-order chi connectivity index (χ1) is 12.8. The fourth-order valence-electron chi connectivity index (χ4n) is 4.45. The molecule has 2 fully saturated rings. The van der Waals surface area contributed by atoms with Gasteiger partial charge in [0, 0.05) is 31.4 Å². The summed E-state index contributed by atoms with van der Waals surface area (Å²) in [5, 5.41) is 6.48. The zero-order valence-corrected chi connectivity index (χ0v) is 17.1. The number of rotatable bonds is 7. The molecular weight excluding hydrogens is 362 g/mol. The van der Waals surface area contributed by atoms with Crippen molar-refractivity contribution in [3.63, 3.8) is 0 Å². The summed E-state index contributed by atoms with van der Waals surface area (Å²) in [6, 6.07) is 3.93. The Kier molecular flexibility index (Phi) is 6.21. The number of aromatic nitrogens is 1. The average Bonchev–Trinajstić information content (AvgIpc) is 2.56. The predicted octanol–water partition coefficient (Wildman–Crippen LogP) is 2.06. The molecule has 6 nitrogen and oxygen atoms in total. The number of nitrogens with one attached hydrogen (secondary N) is 2. The van der Waals surface area contributed by atoms with Gasteiger partial charge in [-0.25, -0.2) is 8.42 Å². The lowest BCUT2D eigenvalue weighted by atomic mass is 9.70. The van der Waals surface area contributed by atoms with E-state index in [1.54, 1.807) is 6.20 Å². The highest BCUT2D eigenvalue weighted by Crippen LogP contribution is 2.49. The van der Waals surface area contributed by atoms with Gasteiger partial charge < -0.3 is 10.6 Å². The Bertz CT molecular complexity index is 743. The van der Waals surface area contributed by atoms with Crippen LogP contribution in [-0.4, -0.2) is 42.4 Å². The summed E-state index contributed by atoms with van der Waals surface area (Å²) in [5.41, 5.74) is 1.13. The van der Waals surface area contributed by atoms with Gasteiger partial charge in [0.05, 0.1) is 10.5 Å². The maximum atomic E-state index is 12.7. The van der Waals surface area contributed by atoms with Crippen LogP contribution in [0.2, 0.25) is 0 Å². The molecule has 3 rings (SSSR count). The topological polar surface area (TPSA) is 88.2 Å². The largest absolute Gasteiger partial charge is 0.353 e. The Balaban J connectivity index is 1.49. The van der Waals surface area contributed by atoms with E-state index in [9.17, 15) is 13.2 Å². The van der Waals surface area contributed by atoms with Crippen molar-refractivity contribution in [1.29, 1.82) is 0 Å². The maximum absolute atomic E-state index is 12.7. The molecule has 1 aromatic rings. The van der Waals surface area contributed by atoms with Gasteiger partial charge in [-0.05, 0) is 55.7 Å². The summed E-state index contributed by atoms with van der Waals surface area (Å²) in [7, 11) is -3.08. The summed E-state index contributed by atoms with van der Waals surface area (Å²) in [6.45, 7) is 5.59. The number of amides is 1. The van der Waals surface area contributed by atoms with E-state index in [4.69, 9.17) is 0 Å². The van der Waals surface area contributed by atoms with Crippen molar-refractivity contribution < 1.29 is 13.2 Å². The van der Waals surface area contributed by atoms with Gasteiger partial charge in [-0.1, -0.05) is 19.9 Å². The van der Waals surface area contributed by atoms with Crippen LogP contribution in [0.1, 0.15) is 51.5 Å². The van der Waals surface area contributed by atoms with Crippen LogP contribution >= 0.6 is 0 Å². The molecule has 2 heterocycles. The Hall–Kier alpha value is -1.47. The highest BCUT2D eigenvalue weighted by atomic mass is 32.2. The van der Waals surface area contributed by atoms with Gasteiger partial charge in [0.15, 0.2) is 9.84 Å². The van der Waals surface area contributed by atoms with Crippen LogP contribution in [0.5, 0.6) is 0 Å². The number of nitrogens with zero attached hydrogens (tertiary/aromatic N) is 1. The Morgan fingerprint density at radius 2 is 2.11 bits per heavy atom. The molecule has 7 heteroatoms. The van der Waals surface area contributed by atoms with E-state index in [1.807, 2.05) is 32.2 Å². The van der Waals surface area contributed by atoms with Crippen molar-refractivity contribution in [3.8, 4) is 0 Å². The van der Waals surface area contributed by atoms with Gasteiger partial charge in [-0.2, -0.15) is 0 Å². The highest BCUT2D eigenvalue weighted by molar-refractivity contribution is 7.92. The Morgan fingerprint density at radius 1 is 1.33 bits per heavy atom. The predicted molar refractivity (Wildman–Crippen MR) is 106 cm³/mol. The van der Waals surface area contributed by atoms with Gasteiger partial charge in [-0.15, -0.1) is 0 Å². The molecule has 1 saturated heterocycles. The molecule has 1 unspecified atom stereocenters. The third-order valence-electron chi connectivity index (χ3n) is 5.78. The molecule has 0 aromatic carbocycles. The molecule has 1 saturated carbocycles. The summed E-state index contributed by atoms with van der Waals surface area (Å²) < 4.78 is 24.8. The summed E-state index contributed by atoms with van der Waals surface area (Å²) in [6.07, 6.45) is 6.60. The van der Waals surface area contributed by atoms with E-state index < -0.39 is 14.6 Å². The molecule has 0 radical (unpaired) electrons. The van der Waals surface area contributed by atoms with Crippen LogP contribution in [0.4, 0.5) is 0 Å². The zero-order valence-electron chi connectivity index (χ0n) is 16.3. The van der Waals surface area contributed by atoms with Gasteiger partial charge in [0.25, 0.3) is 0 Å². The van der Waals surface area contributed by atoms with Crippen molar-refractivity contribution >= 4 is 15.7 Å². The lowest BCUT2D eigenvalue weighted by Gasteiger charge is -2.51. The lowest BCUT2D eigenvalue weighted by Crippen LogP contribution is -2.60. The minimum absolute atomic E-state index is 0.0101. The number of carbonyl (C=O) groups excluding carboxylic acids is 1. The van der Waals surface area contributed by atoms with E-state index in [-0.39, 0.29) is 17.7 Å². The van der Waals surface area contributed by atoms with Crippen LogP contribution < -0.4 is 10.6 Å². The van der Waals surface area contributed by atoms with Crippen molar-refractivity contribution in [2.24, 2.45) is 11.8 Å². The molecule has 150 valence electrons. The van der Waals surface area contributed by atoms with Gasteiger partial charge in [0.2, 0.25) is 5.91 Å².